The molecule has 4 N–H and O–H groups in total. The molecule has 0 saturated heterocycles. The maximum absolute atomic E-state index is 9.86. The van der Waals surface area contributed by atoms with Gasteiger partial charge in [0.25, 0.3) is 0 Å². The van der Waals surface area contributed by atoms with Crippen LogP contribution in [0.5, 0.6) is 0 Å². The fourth-order valence-corrected chi connectivity index (χ4v) is 1.37. The van der Waals surface area contributed by atoms with Crippen molar-refractivity contribution < 1.29 is 32.9 Å². The monoisotopic (exact) mass is 190 g/mol. The van der Waals surface area contributed by atoms with Gasteiger partial charge in [-0.05, 0) is 0 Å². The highest BCUT2D eigenvalue weighted by molar-refractivity contribution is 7.57. The van der Waals surface area contributed by atoms with Crippen molar-refractivity contribution in [3.05, 3.63) is 5.53 Å². The average molecular weight is 190 g/mol. The van der Waals surface area contributed by atoms with E-state index in [0.29, 0.717) is 0 Å². The van der Waals surface area contributed by atoms with E-state index < -0.39 is 19.7 Å². The summed E-state index contributed by atoms with van der Waals surface area (Å²) in [5.74, 6) is 0. The molecule has 0 aromatic heterocycles. The third-order valence-electron chi connectivity index (χ3n) is 0.466. The van der Waals surface area contributed by atoms with Crippen LogP contribution in [0.25, 0.3) is 5.53 Å². The van der Waals surface area contributed by atoms with E-state index in [1.807, 2.05) is 0 Å². The molecule has 0 aliphatic carbocycles. The maximum atomic E-state index is 9.86. The first-order valence-corrected chi connectivity index (χ1v) is 4.90. The van der Waals surface area contributed by atoms with Crippen LogP contribution in [0.3, 0.4) is 0 Å². The van der Waals surface area contributed by atoms with Gasteiger partial charge in [0, 0.05) is 0 Å². The van der Waals surface area contributed by atoms with Gasteiger partial charge in [-0.1, -0.05) is 0 Å². The first-order chi connectivity index (χ1) is 4.15. The molecule has 0 atom stereocenters. The van der Waals surface area contributed by atoms with Crippen LogP contribution < -0.4 is 0 Å². The number of hydrogen-bond donors (Lipinski definition) is 4. The highest BCUT2D eigenvalue weighted by Gasteiger charge is 2.39. The van der Waals surface area contributed by atoms with Crippen LogP contribution in [0, 0.1) is 0 Å². The molecule has 0 radical (unpaired) electrons. The van der Waals surface area contributed by atoms with Gasteiger partial charge in [-0.2, -0.15) is 9.13 Å². The SMILES string of the molecule is [N-]=[N+](P(=O)(O)O)P(=O)(O)O. The van der Waals surface area contributed by atoms with E-state index >= 15 is 0 Å². The summed E-state index contributed by atoms with van der Waals surface area (Å²) >= 11 is 0. The molecular weight excluding hydrogens is 186 g/mol. The zero-order chi connectivity index (χ0) is 8.58. The fourth-order valence-electron chi connectivity index (χ4n) is 0.152. The summed E-state index contributed by atoms with van der Waals surface area (Å²) in [7, 11) is -10.5. The maximum Gasteiger partial charge on any atom is 0.598 e. The van der Waals surface area contributed by atoms with Gasteiger partial charge in [0.15, 0.2) is 0 Å². The van der Waals surface area contributed by atoms with E-state index in [9.17, 15) is 9.13 Å². The quantitative estimate of drug-likeness (QED) is 0.332. The van der Waals surface area contributed by atoms with Crippen molar-refractivity contribution in [2.75, 3.05) is 0 Å². The van der Waals surface area contributed by atoms with Crippen molar-refractivity contribution in [1.29, 1.82) is 0 Å². The second kappa shape index (κ2) is 2.50. The molecule has 0 rings (SSSR count). The topological polar surface area (TPSA) is 140 Å². The molecule has 60 valence electrons. The summed E-state index contributed by atoms with van der Waals surface area (Å²) in [6.07, 6.45) is 0. The Balaban J connectivity index is 4.75. The Labute approximate surface area is 55.0 Å². The van der Waals surface area contributed by atoms with E-state index in [1.54, 1.807) is 0 Å². The Hall–Kier alpha value is -0.100. The molecule has 0 unspecified atom stereocenters. The minimum atomic E-state index is -5.25. The van der Waals surface area contributed by atoms with Gasteiger partial charge in [0.05, 0.1) is 0 Å². The number of hydrogen-bond acceptors (Lipinski definition) is 2. The lowest BCUT2D eigenvalue weighted by Gasteiger charge is -2.05. The van der Waals surface area contributed by atoms with Crippen molar-refractivity contribution in [2.24, 2.45) is 0 Å². The molecule has 8 nitrogen and oxygen atoms in total. The fraction of sp³-hybridized carbons (Fsp3) is 0. The van der Waals surface area contributed by atoms with E-state index in [0.717, 1.165) is 0 Å². The highest BCUT2D eigenvalue weighted by Crippen LogP contribution is 2.53. The van der Waals surface area contributed by atoms with Crippen LogP contribution in [0.2, 0.25) is 0 Å². The Morgan fingerprint density at radius 3 is 1.20 bits per heavy atom. The molecule has 0 fully saturated rings. The van der Waals surface area contributed by atoms with E-state index in [4.69, 9.17) is 25.1 Å². The smallest absolute Gasteiger partial charge is 0.492 e. The minimum Gasteiger partial charge on any atom is -0.492 e. The summed E-state index contributed by atoms with van der Waals surface area (Å²) < 4.78 is 18.4. The van der Waals surface area contributed by atoms with Crippen LogP contribution in [-0.2, 0) is 9.13 Å². The molecular formula is H4N2O6P2. The summed E-state index contributed by atoms with van der Waals surface area (Å²) in [5, 5.41) is 0. The largest absolute Gasteiger partial charge is 0.598 e. The molecule has 0 aliphatic heterocycles. The molecule has 0 spiro atoms. The van der Waals surface area contributed by atoms with Crippen LogP contribution in [-0.4, -0.2) is 23.8 Å². The van der Waals surface area contributed by atoms with E-state index in [2.05, 4.69) is 0 Å². The van der Waals surface area contributed by atoms with Crippen LogP contribution in [0.4, 0.5) is 0 Å². The number of nitrogens with zero attached hydrogens (tertiary/aromatic N) is 2. The summed E-state index contributed by atoms with van der Waals surface area (Å²) in [4.78, 5) is 31.7. The van der Waals surface area contributed by atoms with Crippen molar-refractivity contribution in [1.82, 2.24) is 0 Å². The van der Waals surface area contributed by atoms with Crippen molar-refractivity contribution in [3.8, 4) is 0 Å². The van der Waals surface area contributed by atoms with Gasteiger partial charge in [-0.25, -0.2) is 0 Å². The van der Waals surface area contributed by atoms with Crippen molar-refractivity contribution in [3.63, 3.8) is 0 Å². The standard InChI is InChI=1S/H4N2O6P2/c1-2(9(3,4)5)10(6,7)8/h(H2,3,4,5)(H2,6,7,8). The Bertz CT molecular complexity index is 206. The van der Waals surface area contributed by atoms with Gasteiger partial charge in [0.1, 0.15) is 0 Å². The molecule has 0 aliphatic rings. The third-order valence-corrected chi connectivity index (χ3v) is 2.80. The molecule has 0 aromatic carbocycles. The molecule has 0 bridgehead atoms. The van der Waals surface area contributed by atoms with Gasteiger partial charge in [0.2, 0.25) is 0 Å². The Kier molecular flexibility index (Phi) is 2.48. The molecule has 0 heterocycles. The number of rotatable bonds is 2. The lowest BCUT2D eigenvalue weighted by atomic mass is 13.2. The molecule has 10 heteroatoms. The van der Waals surface area contributed by atoms with Crippen molar-refractivity contribution >= 4 is 15.5 Å². The van der Waals surface area contributed by atoms with Gasteiger partial charge < -0.3 is 5.53 Å². The normalized spacial score (nSPS) is 13.2. The summed E-state index contributed by atoms with van der Waals surface area (Å²) in [5.41, 5.74) is 8.03. The molecule has 0 aromatic rings. The Morgan fingerprint density at radius 2 is 1.20 bits per heavy atom. The predicted octanol–water partition coefficient (Wildman–Crippen LogP) is -0.794. The van der Waals surface area contributed by atoms with Crippen LogP contribution >= 0.6 is 15.5 Å². The minimum absolute atomic E-state index is 1.29. The molecule has 0 saturated carbocycles. The van der Waals surface area contributed by atoms with Gasteiger partial charge in [-0.15, -0.1) is 4.24 Å². The van der Waals surface area contributed by atoms with Crippen molar-refractivity contribution in [2.45, 2.75) is 0 Å². The molecule has 10 heavy (non-hydrogen) atoms. The zero-order valence-electron chi connectivity index (χ0n) is 4.39. The second-order valence-corrected chi connectivity index (χ2v) is 4.42. The zero-order valence-corrected chi connectivity index (χ0v) is 6.18. The van der Waals surface area contributed by atoms with Gasteiger partial charge in [-0.3, -0.25) is 19.6 Å². The van der Waals surface area contributed by atoms with Gasteiger partial charge >= 0.3 is 15.5 Å². The Morgan fingerprint density at radius 1 is 1.00 bits per heavy atom. The first kappa shape index (κ1) is 9.90. The third kappa shape index (κ3) is 2.66. The predicted molar refractivity (Wildman–Crippen MR) is 27.7 cm³/mol. The summed E-state index contributed by atoms with van der Waals surface area (Å²) in [6, 6.07) is 0. The lowest BCUT2D eigenvalue weighted by molar-refractivity contribution is -0.284. The second-order valence-electron chi connectivity index (χ2n) is 1.29. The van der Waals surface area contributed by atoms with E-state index in [1.165, 1.54) is 0 Å². The lowest BCUT2D eigenvalue weighted by Crippen LogP contribution is -1.98. The first-order valence-electron chi connectivity index (χ1n) is 1.77. The average Bonchev–Trinajstić information content (AvgIpc) is 1.59. The highest BCUT2D eigenvalue weighted by atomic mass is 31.3. The van der Waals surface area contributed by atoms with E-state index in [-0.39, 0.29) is 0 Å². The molecule has 0 amide bonds. The van der Waals surface area contributed by atoms with Crippen LogP contribution in [0.1, 0.15) is 0 Å². The summed E-state index contributed by atoms with van der Waals surface area (Å²) in [6.45, 7) is 0. The van der Waals surface area contributed by atoms with Crippen LogP contribution in [0.15, 0.2) is 0 Å².